The second-order valence-electron chi connectivity index (χ2n) is 6.83. The number of hydrogen-bond donors (Lipinski definition) is 2. The first kappa shape index (κ1) is 24.1. The highest BCUT2D eigenvalue weighted by atomic mass is 16.7. The van der Waals surface area contributed by atoms with Crippen LogP contribution in [0.4, 0.5) is 16.2 Å². The predicted molar refractivity (Wildman–Crippen MR) is 126 cm³/mol. The summed E-state index contributed by atoms with van der Waals surface area (Å²) in [4.78, 5) is 36.6. The molecule has 9 nitrogen and oxygen atoms in total. The Balaban J connectivity index is 1.62. The van der Waals surface area contributed by atoms with Gasteiger partial charge in [-0.1, -0.05) is 6.07 Å². The van der Waals surface area contributed by atoms with Gasteiger partial charge in [0.05, 0.1) is 20.8 Å². The topological polar surface area (TPSA) is 112 Å². The van der Waals surface area contributed by atoms with Crippen molar-refractivity contribution in [2.75, 3.05) is 31.5 Å². The van der Waals surface area contributed by atoms with Gasteiger partial charge in [-0.05, 0) is 67.6 Å². The zero-order valence-corrected chi connectivity index (χ0v) is 18.9. The second-order valence-corrected chi connectivity index (χ2v) is 6.83. The Morgan fingerprint density at radius 1 is 0.735 bits per heavy atom. The number of nitrogens with one attached hydrogen (secondary N) is 2. The average molecular weight is 464 g/mol. The van der Waals surface area contributed by atoms with E-state index in [0.717, 1.165) is 0 Å². The highest BCUT2D eigenvalue weighted by Gasteiger charge is 2.18. The molecule has 0 aliphatic carbocycles. The van der Waals surface area contributed by atoms with E-state index >= 15 is 0 Å². The Bertz CT molecular complexity index is 1140. The van der Waals surface area contributed by atoms with Gasteiger partial charge in [0.25, 0.3) is 11.8 Å². The van der Waals surface area contributed by atoms with Crippen molar-refractivity contribution in [1.82, 2.24) is 0 Å². The van der Waals surface area contributed by atoms with Crippen LogP contribution < -0.4 is 24.8 Å². The summed E-state index contributed by atoms with van der Waals surface area (Å²) in [5.41, 5.74) is 1.71. The van der Waals surface area contributed by atoms with Gasteiger partial charge in [0, 0.05) is 16.9 Å². The molecule has 9 heteroatoms. The summed E-state index contributed by atoms with van der Waals surface area (Å²) in [5.74, 6) is 0.301. The lowest BCUT2D eigenvalue weighted by Gasteiger charge is -2.13. The Morgan fingerprint density at radius 2 is 1.26 bits per heavy atom. The van der Waals surface area contributed by atoms with Crippen LogP contribution in [0.25, 0.3) is 0 Å². The summed E-state index contributed by atoms with van der Waals surface area (Å²) in [5, 5.41) is 5.55. The van der Waals surface area contributed by atoms with Crippen molar-refractivity contribution >= 4 is 29.3 Å². The van der Waals surface area contributed by atoms with Crippen molar-refractivity contribution in [3.63, 3.8) is 0 Å². The molecule has 2 N–H and O–H groups in total. The minimum absolute atomic E-state index is 0.205. The molecular formula is C25H24N2O7. The molecule has 34 heavy (non-hydrogen) atoms. The van der Waals surface area contributed by atoms with E-state index < -0.39 is 12.1 Å². The second kappa shape index (κ2) is 11.4. The first-order valence-electron chi connectivity index (χ1n) is 10.3. The molecule has 0 aliphatic rings. The highest BCUT2D eigenvalue weighted by molar-refractivity contribution is 6.08. The molecule has 0 spiro atoms. The Hall–Kier alpha value is -4.53. The monoisotopic (exact) mass is 464 g/mol. The number of carbonyl (C=O) groups is 3. The SMILES string of the molecule is CCOC(=O)Oc1ccc(C(=O)Nc2ccc(NC(=O)c3c(OC)cccc3OC)cc2)cc1. The maximum absolute atomic E-state index is 12.8. The van der Waals surface area contributed by atoms with E-state index in [4.69, 9.17) is 18.9 Å². The number of methoxy groups -OCH3 is 2. The van der Waals surface area contributed by atoms with Gasteiger partial charge >= 0.3 is 6.16 Å². The molecule has 0 radical (unpaired) electrons. The number of anilines is 2. The van der Waals surface area contributed by atoms with Gasteiger partial charge in [-0.25, -0.2) is 4.79 Å². The summed E-state index contributed by atoms with van der Waals surface area (Å²) in [7, 11) is 2.95. The first-order valence-corrected chi connectivity index (χ1v) is 10.3. The molecule has 0 heterocycles. The standard InChI is InChI=1S/C25H24N2O7/c1-4-33-25(30)34-19-14-8-16(9-15-19)23(28)26-17-10-12-18(13-11-17)27-24(29)22-20(31-2)6-5-7-21(22)32-3/h5-15H,4H2,1-3H3,(H,26,28)(H,27,29). The molecule has 0 saturated carbocycles. The van der Waals surface area contributed by atoms with Gasteiger partial charge in [-0.15, -0.1) is 0 Å². The molecule has 0 bridgehead atoms. The fourth-order valence-corrected chi connectivity index (χ4v) is 3.03. The van der Waals surface area contributed by atoms with Crippen LogP contribution in [0.15, 0.2) is 66.7 Å². The molecular weight excluding hydrogens is 440 g/mol. The predicted octanol–water partition coefficient (Wildman–Crippen LogP) is 4.74. The van der Waals surface area contributed by atoms with Gasteiger partial charge in [0.15, 0.2) is 0 Å². The third-order valence-corrected chi connectivity index (χ3v) is 4.64. The number of amides is 2. The summed E-state index contributed by atoms with van der Waals surface area (Å²) in [6.45, 7) is 1.88. The summed E-state index contributed by atoms with van der Waals surface area (Å²) in [6.07, 6.45) is -0.809. The van der Waals surface area contributed by atoms with Gasteiger partial charge in [0.2, 0.25) is 0 Å². The third-order valence-electron chi connectivity index (χ3n) is 4.64. The van der Waals surface area contributed by atoms with Crippen LogP contribution in [-0.2, 0) is 4.74 Å². The number of carbonyl (C=O) groups excluding carboxylic acids is 3. The van der Waals surface area contributed by atoms with Crippen LogP contribution in [0.2, 0.25) is 0 Å². The summed E-state index contributed by atoms with van der Waals surface area (Å²) >= 11 is 0. The van der Waals surface area contributed by atoms with Crippen molar-refractivity contribution in [2.45, 2.75) is 6.92 Å². The maximum atomic E-state index is 12.8. The molecule has 3 rings (SSSR count). The lowest BCUT2D eigenvalue weighted by atomic mass is 10.1. The number of hydrogen-bond acceptors (Lipinski definition) is 7. The fraction of sp³-hybridized carbons (Fsp3) is 0.160. The van der Waals surface area contributed by atoms with Gasteiger partial charge in [-0.2, -0.15) is 0 Å². The van der Waals surface area contributed by atoms with E-state index in [1.165, 1.54) is 38.5 Å². The summed E-state index contributed by atoms with van der Waals surface area (Å²) < 4.78 is 20.2. The lowest BCUT2D eigenvalue weighted by Crippen LogP contribution is -2.15. The highest BCUT2D eigenvalue weighted by Crippen LogP contribution is 2.29. The minimum Gasteiger partial charge on any atom is -0.496 e. The van der Waals surface area contributed by atoms with Gasteiger partial charge < -0.3 is 29.6 Å². The van der Waals surface area contributed by atoms with Crippen molar-refractivity contribution in [3.05, 3.63) is 77.9 Å². The maximum Gasteiger partial charge on any atom is 0.513 e. The van der Waals surface area contributed by atoms with Gasteiger partial charge in [0.1, 0.15) is 22.8 Å². The fourth-order valence-electron chi connectivity index (χ4n) is 3.03. The molecule has 0 aromatic heterocycles. The molecule has 0 aliphatic heterocycles. The Kier molecular flexibility index (Phi) is 8.07. The molecule has 3 aromatic rings. The van der Waals surface area contributed by atoms with Crippen LogP contribution in [0.1, 0.15) is 27.6 Å². The smallest absolute Gasteiger partial charge is 0.496 e. The van der Waals surface area contributed by atoms with Crippen molar-refractivity contribution in [1.29, 1.82) is 0 Å². The van der Waals surface area contributed by atoms with Crippen LogP contribution in [0.3, 0.4) is 0 Å². The van der Waals surface area contributed by atoms with E-state index in [-0.39, 0.29) is 23.8 Å². The van der Waals surface area contributed by atoms with Crippen LogP contribution in [0, 0.1) is 0 Å². The van der Waals surface area contributed by atoms with E-state index in [9.17, 15) is 14.4 Å². The van der Waals surface area contributed by atoms with Crippen LogP contribution in [-0.4, -0.2) is 38.8 Å². The van der Waals surface area contributed by atoms with Crippen molar-refractivity contribution in [3.8, 4) is 17.2 Å². The van der Waals surface area contributed by atoms with E-state index in [0.29, 0.717) is 28.4 Å². The first-order chi connectivity index (χ1) is 16.4. The van der Waals surface area contributed by atoms with Crippen LogP contribution >= 0.6 is 0 Å². The van der Waals surface area contributed by atoms with Crippen LogP contribution in [0.5, 0.6) is 17.2 Å². The van der Waals surface area contributed by atoms with E-state index in [1.807, 2.05) is 0 Å². The molecule has 0 unspecified atom stereocenters. The third kappa shape index (κ3) is 6.04. The Labute approximate surface area is 196 Å². The van der Waals surface area contributed by atoms with E-state index in [1.54, 1.807) is 49.4 Å². The number of ether oxygens (including phenoxy) is 4. The minimum atomic E-state index is -0.809. The molecule has 0 atom stereocenters. The average Bonchev–Trinajstić information content (AvgIpc) is 2.85. The molecule has 0 saturated heterocycles. The molecule has 0 fully saturated rings. The molecule has 176 valence electrons. The number of rotatable bonds is 8. The quantitative estimate of drug-likeness (QED) is 0.366. The summed E-state index contributed by atoms with van der Waals surface area (Å²) in [6, 6.07) is 17.8. The zero-order valence-electron chi connectivity index (χ0n) is 18.9. The normalized spacial score (nSPS) is 10.1. The molecule has 2 amide bonds. The number of benzene rings is 3. The van der Waals surface area contributed by atoms with Gasteiger partial charge in [-0.3, -0.25) is 9.59 Å². The lowest BCUT2D eigenvalue weighted by molar-refractivity contribution is 0.101. The van der Waals surface area contributed by atoms with Crippen molar-refractivity contribution < 1.29 is 33.3 Å². The Morgan fingerprint density at radius 3 is 1.76 bits per heavy atom. The largest absolute Gasteiger partial charge is 0.513 e. The molecule has 3 aromatic carbocycles. The van der Waals surface area contributed by atoms with Crippen molar-refractivity contribution in [2.24, 2.45) is 0 Å². The van der Waals surface area contributed by atoms with E-state index in [2.05, 4.69) is 10.6 Å². The zero-order chi connectivity index (χ0) is 24.5.